The Morgan fingerprint density at radius 3 is 2.64 bits per heavy atom. The van der Waals surface area contributed by atoms with Gasteiger partial charge in [-0.15, -0.1) is 0 Å². The molecule has 1 unspecified atom stereocenters. The van der Waals surface area contributed by atoms with Gasteiger partial charge in [-0.05, 0) is 13.3 Å². The molecule has 5 nitrogen and oxygen atoms in total. The summed E-state index contributed by atoms with van der Waals surface area (Å²) < 4.78 is 5.21. The van der Waals surface area contributed by atoms with Crippen molar-refractivity contribution in [1.82, 2.24) is 4.90 Å². The third-order valence-corrected chi connectivity index (χ3v) is 2.58. The van der Waals surface area contributed by atoms with Crippen LogP contribution in [0.15, 0.2) is 0 Å². The topological polar surface area (TPSA) is 75.8 Å². The molecule has 0 bridgehead atoms. The Hall–Kier alpha value is -0.650. The molecule has 0 amide bonds. The summed E-state index contributed by atoms with van der Waals surface area (Å²) in [5.41, 5.74) is 5.52. The van der Waals surface area contributed by atoms with Crippen molar-refractivity contribution in [2.24, 2.45) is 5.73 Å². The lowest BCUT2D eigenvalue weighted by Crippen LogP contribution is -2.57. The van der Waals surface area contributed by atoms with Gasteiger partial charge < -0.3 is 15.6 Å². The van der Waals surface area contributed by atoms with Gasteiger partial charge in [0.1, 0.15) is 0 Å². The van der Waals surface area contributed by atoms with E-state index in [-0.39, 0.29) is 6.42 Å². The zero-order valence-corrected chi connectivity index (χ0v) is 8.53. The van der Waals surface area contributed by atoms with E-state index in [1.807, 2.05) is 6.92 Å². The van der Waals surface area contributed by atoms with E-state index in [4.69, 9.17) is 15.6 Å². The highest BCUT2D eigenvalue weighted by Gasteiger charge is 2.28. The van der Waals surface area contributed by atoms with Gasteiger partial charge in [0.05, 0.1) is 18.9 Å². The Labute approximate surface area is 83.8 Å². The molecule has 5 heteroatoms. The number of nitrogens with zero attached hydrogens (tertiary/aromatic N) is 1. The molecule has 0 radical (unpaired) electrons. The summed E-state index contributed by atoms with van der Waals surface area (Å²) in [6.45, 7) is 4.81. The SMILES string of the molecule is CC(N)(CCC(=O)O)N1CCOCC1. The summed E-state index contributed by atoms with van der Waals surface area (Å²) in [6, 6.07) is 0. The Balaban J connectivity index is 2.41. The first kappa shape index (κ1) is 11.4. The van der Waals surface area contributed by atoms with Crippen LogP contribution in [0.2, 0.25) is 0 Å². The minimum atomic E-state index is -0.796. The lowest BCUT2D eigenvalue weighted by atomic mass is 10.0. The van der Waals surface area contributed by atoms with Gasteiger partial charge in [-0.2, -0.15) is 0 Å². The number of hydrogen-bond acceptors (Lipinski definition) is 4. The first-order chi connectivity index (χ1) is 6.52. The average molecular weight is 202 g/mol. The molecule has 0 spiro atoms. The molecule has 0 saturated carbocycles. The summed E-state index contributed by atoms with van der Waals surface area (Å²) in [5, 5.41) is 8.58. The number of aliphatic carboxylic acids is 1. The second-order valence-corrected chi connectivity index (χ2v) is 3.85. The fourth-order valence-electron chi connectivity index (χ4n) is 1.59. The zero-order chi connectivity index (χ0) is 10.6. The van der Waals surface area contributed by atoms with E-state index in [9.17, 15) is 4.79 Å². The minimum Gasteiger partial charge on any atom is -0.481 e. The minimum absolute atomic E-state index is 0.115. The number of carbonyl (C=O) groups is 1. The smallest absolute Gasteiger partial charge is 0.303 e. The molecule has 0 aromatic rings. The van der Waals surface area contributed by atoms with E-state index in [1.165, 1.54) is 0 Å². The fourth-order valence-corrected chi connectivity index (χ4v) is 1.59. The maximum atomic E-state index is 10.4. The number of morpholine rings is 1. The lowest BCUT2D eigenvalue weighted by molar-refractivity contribution is -0.138. The fraction of sp³-hybridized carbons (Fsp3) is 0.889. The molecule has 1 heterocycles. The molecule has 1 atom stereocenters. The summed E-state index contributed by atoms with van der Waals surface area (Å²) in [7, 11) is 0. The molecule has 1 aliphatic heterocycles. The van der Waals surface area contributed by atoms with Crippen molar-refractivity contribution >= 4 is 5.97 Å². The Morgan fingerprint density at radius 2 is 2.14 bits per heavy atom. The van der Waals surface area contributed by atoms with Crippen molar-refractivity contribution in [3.63, 3.8) is 0 Å². The second kappa shape index (κ2) is 4.72. The van der Waals surface area contributed by atoms with Gasteiger partial charge in [0, 0.05) is 19.5 Å². The Kier molecular flexibility index (Phi) is 3.86. The molecular weight excluding hydrogens is 184 g/mol. The van der Waals surface area contributed by atoms with E-state index >= 15 is 0 Å². The summed E-state index contributed by atoms with van der Waals surface area (Å²) >= 11 is 0. The molecule has 0 aliphatic carbocycles. The number of carboxylic acids is 1. The highest BCUT2D eigenvalue weighted by molar-refractivity contribution is 5.66. The molecule has 1 aliphatic rings. The van der Waals surface area contributed by atoms with E-state index in [0.29, 0.717) is 19.6 Å². The highest BCUT2D eigenvalue weighted by atomic mass is 16.5. The van der Waals surface area contributed by atoms with Crippen molar-refractivity contribution in [2.75, 3.05) is 26.3 Å². The van der Waals surface area contributed by atoms with Crippen LogP contribution >= 0.6 is 0 Å². The first-order valence-electron chi connectivity index (χ1n) is 4.86. The standard InChI is InChI=1S/C9H18N2O3/c1-9(10,3-2-8(12)13)11-4-6-14-7-5-11/h2-7,10H2,1H3,(H,12,13). The molecule has 1 saturated heterocycles. The van der Waals surface area contributed by atoms with Crippen LogP contribution in [0.4, 0.5) is 0 Å². The van der Waals surface area contributed by atoms with Crippen LogP contribution in [-0.4, -0.2) is 47.9 Å². The van der Waals surface area contributed by atoms with Gasteiger partial charge in [-0.25, -0.2) is 0 Å². The van der Waals surface area contributed by atoms with Crippen molar-refractivity contribution in [3.8, 4) is 0 Å². The van der Waals surface area contributed by atoms with Gasteiger partial charge in [-0.1, -0.05) is 0 Å². The average Bonchev–Trinajstić information content (AvgIpc) is 2.16. The number of ether oxygens (including phenoxy) is 1. The molecular formula is C9H18N2O3. The maximum absolute atomic E-state index is 10.4. The van der Waals surface area contributed by atoms with Crippen molar-refractivity contribution in [1.29, 1.82) is 0 Å². The quantitative estimate of drug-likeness (QED) is 0.663. The van der Waals surface area contributed by atoms with Gasteiger partial charge in [0.25, 0.3) is 0 Å². The summed E-state index contributed by atoms with van der Waals surface area (Å²) in [6.07, 6.45) is 0.590. The largest absolute Gasteiger partial charge is 0.481 e. The van der Waals surface area contributed by atoms with Gasteiger partial charge in [0.2, 0.25) is 0 Å². The highest BCUT2D eigenvalue weighted by Crippen LogP contribution is 2.16. The zero-order valence-electron chi connectivity index (χ0n) is 8.53. The molecule has 1 fully saturated rings. The van der Waals surface area contributed by atoms with Crippen LogP contribution in [0.5, 0.6) is 0 Å². The van der Waals surface area contributed by atoms with E-state index in [1.54, 1.807) is 0 Å². The normalized spacial score (nSPS) is 23.0. The number of carboxylic acid groups (broad SMARTS) is 1. The predicted molar refractivity (Wildman–Crippen MR) is 51.9 cm³/mol. The molecule has 3 N–H and O–H groups in total. The monoisotopic (exact) mass is 202 g/mol. The maximum Gasteiger partial charge on any atom is 0.303 e. The van der Waals surface area contributed by atoms with E-state index in [2.05, 4.69) is 4.90 Å². The van der Waals surface area contributed by atoms with Gasteiger partial charge in [0.15, 0.2) is 0 Å². The molecule has 0 aromatic heterocycles. The van der Waals surface area contributed by atoms with Crippen LogP contribution in [0.1, 0.15) is 19.8 Å². The van der Waals surface area contributed by atoms with Crippen LogP contribution in [0, 0.1) is 0 Å². The second-order valence-electron chi connectivity index (χ2n) is 3.85. The lowest BCUT2D eigenvalue weighted by Gasteiger charge is -2.40. The third kappa shape index (κ3) is 3.25. The molecule has 1 rings (SSSR count). The molecule has 0 aromatic carbocycles. The van der Waals surface area contributed by atoms with E-state index in [0.717, 1.165) is 13.1 Å². The predicted octanol–water partition coefficient (Wildman–Crippen LogP) is -0.142. The number of hydrogen-bond donors (Lipinski definition) is 2. The van der Waals surface area contributed by atoms with E-state index < -0.39 is 11.6 Å². The van der Waals surface area contributed by atoms with Crippen molar-refractivity contribution in [3.05, 3.63) is 0 Å². The molecule has 14 heavy (non-hydrogen) atoms. The van der Waals surface area contributed by atoms with Crippen LogP contribution in [0.25, 0.3) is 0 Å². The summed E-state index contributed by atoms with van der Waals surface area (Å²) in [4.78, 5) is 12.5. The van der Waals surface area contributed by atoms with Crippen molar-refractivity contribution < 1.29 is 14.6 Å². The summed E-state index contributed by atoms with van der Waals surface area (Å²) in [5.74, 6) is -0.796. The van der Waals surface area contributed by atoms with Crippen LogP contribution in [0.3, 0.4) is 0 Å². The molecule has 82 valence electrons. The van der Waals surface area contributed by atoms with Gasteiger partial charge >= 0.3 is 5.97 Å². The van der Waals surface area contributed by atoms with Crippen molar-refractivity contribution in [2.45, 2.75) is 25.4 Å². The van der Waals surface area contributed by atoms with Gasteiger partial charge in [-0.3, -0.25) is 9.69 Å². The Morgan fingerprint density at radius 1 is 1.57 bits per heavy atom. The Bertz CT molecular complexity index is 200. The number of rotatable bonds is 4. The first-order valence-corrected chi connectivity index (χ1v) is 4.86. The third-order valence-electron chi connectivity index (χ3n) is 2.58. The van der Waals surface area contributed by atoms with Crippen LogP contribution in [-0.2, 0) is 9.53 Å². The number of nitrogens with two attached hydrogens (primary N) is 1. The van der Waals surface area contributed by atoms with Crippen LogP contribution < -0.4 is 5.73 Å².